The Morgan fingerprint density at radius 2 is 0.735 bits per heavy atom. The topological polar surface area (TPSA) is 36.9 Å². The fraction of sp³-hybridized carbons (Fsp3) is 0.786. The minimum atomic E-state index is -0.212. The molecule has 0 atom stereocenters. The van der Waals surface area contributed by atoms with Gasteiger partial charge in [-0.2, -0.15) is 0 Å². The molecule has 0 fully saturated rings. The standard InChI is InChI=1S/C28H50O4Si2/c1-25(2,3)29-23(30-26(4,5)6)17-19-33-21-13-15-22(16-14-21)34-20-18-24(31-27(7,8)9)32-28(10,11)12/h13-16,23-24H,17-20H2,1-12H3. The van der Waals surface area contributed by atoms with Crippen LogP contribution in [0, 0.1) is 0 Å². The maximum atomic E-state index is 6.16. The predicted octanol–water partition coefficient (Wildman–Crippen LogP) is 5.88. The van der Waals surface area contributed by atoms with Gasteiger partial charge in [-0.15, -0.1) is 0 Å². The fourth-order valence-electron chi connectivity index (χ4n) is 3.24. The Bertz CT molecular complexity index is 599. The lowest BCUT2D eigenvalue weighted by Crippen LogP contribution is -2.36. The van der Waals surface area contributed by atoms with Gasteiger partial charge in [0.05, 0.1) is 41.4 Å². The first-order valence-electron chi connectivity index (χ1n) is 12.6. The van der Waals surface area contributed by atoms with E-state index in [4.69, 9.17) is 18.9 Å². The molecule has 1 aromatic carbocycles. The normalized spacial score (nSPS) is 13.8. The summed E-state index contributed by atoms with van der Waals surface area (Å²) in [5.41, 5.74) is -0.847. The monoisotopic (exact) mass is 506 g/mol. The number of ether oxygens (including phenoxy) is 4. The van der Waals surface area contributed by atoms with Crippen molar-refractivity contribution in [1.29, 1.82) is 0 Å². The smallest absolute Gasteiger partial charge is 0.158 e. The molecule has 0 unspecified atom stereocenters. The summed E-state index contributed by atoms with van der Waals surface area (Å²) in [5.74, 6) is 0. The summed E-state index contributed by atoms with van der Waals surface area (Å²) in [7, 11) is 1.51. The first-order chi connectivity index (χ1) is 15.3. The van der Waals surface area contributed by atoms with Crippen molar-refractivity contribution in [2.24, 2.45) is 0 Å². The minimum absolute atomic E-state index is 0.174. The number of hydrogen-bond acceptors (Lipinski definition) is 4. The Labute approximate surface area is 215 Å². The summed E-state index contributed by atoms with van der Waals surface area (Å²) < 4.78 is 24.6. The van der Waals surface area contributed by atoms with Crippen LogP contribution in [0.25, 0.3) is 0 Å². The molecule has 4 radical (unpaired) electrons. The Hall–Kier alpha value is -0.506. The molecular formula is C28H50O4Si2. The van der Waals surface area contributed by atoms with Crippen molar-refractivity contribution in [3.05, 3.63) is 24.3 Å². The van der Waals surface area contributed by atoms with E-state index in [-0.39, 0.29) is 35.0 Å². The van der Waals surface area contributed by atoms with Crippen LogP contribution >= 0.6 is 0 Å². The molecule has 0 saturated carbocycles. The van der Waals surface area contributed by atoms with Gasteiger partial charge in [-0.1, -0.05) is 46.7 Å². The average Bonchev–Trinajstić information content (AvgIpc) is 2.57. The lowest BCUT2D eigenvalue weighted by atomic mass is 10.2. The molecule has 1 rings (SSSR count). The molecule has 0 heterocycles. The highest BCUT2D eigenvalue weighted by atomic mass is 28.2. The molecule has 0 amide bonds. The molecule has 194 valence electrons. The summed E-state index contributed by atoms with van der Waals surface area (Å²) in [4.78, 5) is 0. The molecule has 0 saturated heterocycles. The van der Waals surface area contributed by atoms with Crippen LogP contribution in [0.5, 0.6) is 0 Å². The third kappa shape index (κ3) is 17.0. The molecule has 0 aliphatic rings. The van der Waals surface area contributed by atoms with Gasteiger partial charge >= 0.3 is 0 Å². The molecule has 0 bridgehead atoms. The molecule has 34 heavy (non-hydrogen) atoms. The van der Waals surface area contributed by atoms with Crippen molar-refractivity contribution in [3.63, 3.8) is 0 Å². The number of hydrogen-bond donors (Lipinski definition) is 0. The second-order valence-corrected chi connectivity index (χ2v) is 15.7. The maximum absolute atomic E-state index is 6.16. The van der Waals surface area contributed by atoms with E-state index in [9.17, 15) is 0 Å². The Morgan fingerprint density at radius 3 is 0.941 bits per heavy atom. The second kappa shape index (κ2) is 13.2. The van der Waals surface area contributed by atoms with Gasteiger partial charge in [-0.05, 0) is 95.9 Å². The summed E-state index contributed by atoms with van der Waals surface area (Å²) in [5, 5.41) is 2.78. The largest absolute Gasteiger partial charge is 0.347 e. The van der Waals surface area contributed by atoms with Crippen LogP contribution in [0.4, 0.5) is 0 Å². The molecule has 6 heteroatoms. The van der Waals surface area contributed by atoms with Crippen molar-refractivity contribution in [3.8, 4) is 0 Å². The highest BCUT2D eigenvalue weighted by Crippen LogP contribution is 2.22. The fourth-order valence-corrected chi connectivity index (χ4v) is 5.38. The summed E-state index contributed by atoms with van der Waals surface area (Å²) in [6, 6.07) is 11.2. The van der Waals surface area contributed by atoms with Gasteiger partial charge in [0.15, 0.2) is 12.6 Å². The van der Waals surface area contributed by atoms with Crippen LogP contribution in [-0.4, -0.2) is 54.0 Å². The lowest BCUT2D eigenvalue weighted by molar-refractivity contribution is -0.234. The quantitative estimate of drug-likeness (QED) is 0.262. The zero-order valence-electron chi connectivity index (χ0n) is 23.9. The van der Waals surface area contributed by atoms with Gasteiger partial charge in [0.2, 0.25) is 0 Å². The molecule has 0 aromatic heterocycles. The van der Waals surface area contributed by atoms with E-state index in [0.29, 0.717) is 0 Å². The van der Waals surface area contributed by atoms with Gasteiger partial charge in [-0.25, -0.2) is 0 Å². The van der Waals surface area contributed by atoms with E-state index in [1.54, 1.807) is 0 Å². The third-order valence-electron chi connectivity index (χ3n) is 4.24. The zero-order chi connectivity index (χ0) is 26.2. The molecule has 0 aliphatic heterocycles. The van der Waals surface area contributed by atoms with Crippen molar-refractivity contribution >= 4 is 29.4 Å². The number of rotatable bonds is 12. The Morgan fingerprint density at radius 1 is 0.500 bits per heavy atom. The van der Waals surface area contributed by atoms with E-state index in [2.05, 4.69) is 107 Å². The second-order valence-electron chi connectivity index (χ2n) is 12.8. The summed E-state index contributed by atoms with van der Waals surface area (Å²) in [6.07, 6.45) is 1.46. The van der Waals surface area contributed by atoms with Crippen LogP contribution in [0.15, 0.2) is 24.3 Å². The summed E-state index contributed by atoms with van der Waals surface area (Å²) in [6.45, 7) is 25.0. The molecule has 4 nitrogen and oxygen atoms in total. The van der Waals surface area contributed by atoms with E-state index < -0.39 is 0 Å². The molecule has 0 spiro atoms. The molecular weight excluding hydrogens is 456 g/mol. The lowest BCUT2D eigenvalue weighted by Gasteiger charge is -2.32. The highest BCUT2D eigenvalue weighted by Gasteiger charge is 2.25. The third-order valence-corrected chi connectivity index (χ3v) is 6.80. The van der Waals surface area contributed by atoms with E-state index >= 15 is 0 Å². The van der Waals surface area contributed by atoms with Crippen molar-refractivity contribution in [2.75, 3.05) is 0 Å². The molecule has 0 aliphatic carbocycles. The molecule has 0 N–H and O–H groups in total. The maximum Gasteiger partial charge on any atom is 0.158 e. The SMILES string of the molecule is CC(C)(C)OC(CC[Si]c1ccc([Si]CCC(OC(C)(C)C)OC(C)(C)C)cc1)OC(C)(C)C. The van der Waals surface area contributed by atoms with Crippen LogP contribution < -0.4 is 10.4 Å². The van der Waals surface area contributed by atoms with Gasteiger partial charge in [-0.3, -0.25) is 0 Å². The highest BCUT2D eigenvalue weighted by molar-refractivity contribution is 6.55. The van der Waals surface area contributed by atoms with Gasteiger partial charge in [0.25, 0.3) is 0 Å². The Kier molecular flexibility index (Phi) is 12.2. The van der Waals surface area contributed by atoms with Gasteiger partial charge in [0, 0.05) is 0 Å². The first-order valence-corrected chi connectivity index (χ1v) is 15.0. The minimum Gasteiger partial charge on any atom is -0.347 e. The summed E-state index contributed by atoms with van der Waals surface area (Å²) >= 11 is 0. The van der Waals surface area contributed by atoms with Crippen LogP contribution in [-0.2, 0) is 18.9 Å². The van der Waals surface area contributed by atoms with Crippen molar-refractivity contribution in [2.45, 2.75) is 143 Å². The Balaban J connectivity index is 2.53. The van der Waals surface area contributed by atoms with Crippen LogP contribution in [0.3, 0.4) is 0 Å². The zero-order valence-corrected chi connectivity index (χ0v) is 25.9. The van der Waals surface area contributed by atoms with Gasteiger partial charge in [0.1, 0.15) is 0 Å². The van der Waals surface area contributed by atoms with Crippen molar-refractivity contribution < 1.29 is 18.9 Å². The van der Waals surface area contributed by atoms with Crippen LogP contribution in [0.2, 0.25) is 12.1 Å². The van der Waals surface area contributed by atoms with E-state index in [0.717, 1.165) is 44.0 Å². The molecule has 1 aromatic rings. The number of benzene rings is 1. The van der Waals surface area contributed by atoms with E-state index in [1.165, 1.54) is 10.4 Å². The predicted molar refractivity (Wildman–Crippen MR) is 147 cm³/mol. The van der Waals surface area contributed by atoms with Gasteiger partial charge < -0.3 is 18.9 Å². The van der Waals surface area contributed by atoms with E-state index in [1.807, 2.05) is 0 Å². The first kappa shape index (κ1) is 31.5. The van der Waals surface area contributed by atoms with Crippen molar-refractivity contribution in [1.82, 2.24) is 0 Å². The average molecular weight is 507 g/mol. The van der Waals surface area contributed by atoms with Crippen LogP contribution in [0.1, 0.15) is 95.9 Å².